The highest BCUT2D eigenvalue weighted by Crippen LogP contribution is 2.58. The minimum absolute atomic E-state index is 0.185. The number of piperidine rings is 1. The van der Waals surface area contributed by atoms with Crippen LogP contribution in [0, 0.1) is 16.7 Å². The van der Waals surface area contributed by atoms with E-state index in [1.807, 2.05) is 0 Å². The molecule has 1 unspecified atom stereocenters. The van der Waals surface area contributed by atoms with Crippen molar-refractivity contribution in [2.75, 3.05) is 64.6 Å². The number of carbonyl (C=O) groups excluding carboxylic acids is 1. The topological polar surface area (TPSA) is 81.3 Å². The summed E-state index contributed by atoms with van der Waals surface area (Å²) in [7, 11) is 1.75. The van der Waals surface area contributed by atoms with Crippen LogP contribution in [0.15, 0.2) is 18.2 Å². The lowest BCUT2D eigenvalue weighted by molar-refractivity contribution is -0.130. The summed E-state index contributed by atoms with van der Waals surface area (Å²) in [6.45, 7) is 11.5. The molecular formula is C31H49N3O5. The Hall–Kier alpha value is -1.87. The van der Waals surface area contributed by atoms with Crippen molar-refractivity contribution in [3.8, 4) is 5.75 Å². The van der Waals surface area contributed by atoms with Crippen LogP contribution in [0.2, 0.25) is 0 Å². The highest BCUT2D eigenvalue weighted by atomic mass is 16.5. The second-order valence-electron chi connectivity index (χ2n) is 12.8. The number of nitrogens with one attached hydrogen (secondary N) is 2. The molecule has 2 N–H and O–H groups in total. The Bertz CT molecular complexity index is 956. The van der Waals surface area contributed by atoms with Crippen LogP contribution >= 0.6 is 0 Å². The van der Waals surface area contributed by atoms with Crippen LogP contribution in [-0.2, 0) is 25.6 Å². The van der Waals surface area contributed by atoms with E-state index in [9.17, 15) is 4.79 Å². The summed E-state index contributed by atoms with van der Waals surface area (Å²) in [6, 6.07) is 6.75. The largest absolute Gasteiger partial charge is 0.490 e. The van der Waals surface area contributed by atoms with E-state index in [4.69, 9.17) is 18.9 Å². The molecule has 1 amide bonds. The number of carbonyl (C=O) groups is 1. The van der Waals surface area contributed by atoms with Gasteiger partial charge >= 0.3 is 0 Å². The second-order valence-corrected chi connectivity index (χ2v) is 12.8. The molecule has 0 bridgehead atoms. The minimum atomic E-state index is -0.385. The molecule has 3 aliphatic heterocycles. The molecule has 5 rings (SSSR count). The number of anilines is 1. The van der Waals surface area contributed by atoms with E-state index in [-0.39, 0.29) is 17.4 Å². The van der Waals surface area contributed by atoms with Crippen molar-refractivity contribution in [3.63, 3.8) is 0 Å². The Balaban J connectivity index is 1.03. The van der Waals surface area contributed by atoms with E-state index >= 15 is 0 Å². The van der Waals surface area contributed by atoms with Crippen LogP contribution < -0.4 is 20.3 Å². The maximum Gasteiger partial charge on any atom is 0.225 e. The number of benzene rings is 1. The zero-order valence-electron chi connectivity index (χ0n) is 24.3. The number of nitrogens with zero attached hydrogens (tertiary/aromatic N) is 1. The summed E-state index contributed by atoms with van der Waals surface area (Å²) in [4.78, 5) is 15.4. The zero-order valence-corrected chi connectivity index (χ0v) is 24.3. The monoisotopic (exact) mass is 543 g/mol. The highest BCUT2D eigenvalue weighted by Gasteiger charge is 2.54. The van der Waals surface area contributed by atoms with E-state index in [0.29, 0.717) is 24.0 Å². The van der Waals surface area contributed by atoms with Gasteiger partial charge in [-0.1, -0.05) is 19.9 Å². The van der Waals surface area contributed by atoms with Crippen LogP contribution in [0.25, 0.3) is 0 Å². The molecule has 218 valence electrons. The summed E-state index contributed by atoms with van der Waals surface area (Å²) in [5.41, 5.74) is 2.40. The molecule has 1 aromatic rings. The normalized spacial score (nSPS) is 26.1. The average molecular weight is 544 g/mol. The van der Waals surface area contributed by atoms with Gasteiger partial charge in [-0.3, -0.25) is 4.79 Å². The number of hydrogen-bond acceptors (Lipinski definition) is 7. The van der Waals surface area contributed by atoms with Crippen molar-refractivity contribution < 1.29 is 23.7 Å². The first-order valence-electron chi connectivity index (χ1n) is 15.1. The Labute approximate surface area is 234 Å². The van der Waals surface area contributed by atoms with Gasteiger partial charge in [0.2, 0.25) is 5.91 Å². The number of fused-ring (bicyclic) bond motifs is 1. The van der Waals surface area contributed by atoms with Crippen LogP contribution in [0.1, 0.15) is 64.4 Å². The average Bonchev–Trinajstić information content (AvgIpc) is 3.62. The van der Waals surface area contributed by atoms with E-state index in [2.05, 4.69) is 47.6 Å². The second kappa shape index (κ2) is 12.8. The molecule has 39 heavy (non-hydrogen) atoms. The molecule has 4 aliphatic rings. The maximum atomic E-state index is 13.1. The molecule has 1 saturated carbocycles. The fraction of sp³-hybridized carbons (Fsp3) is 0.774. The molecule has 3 fully saturated rings. The predicted octanol–water partition coefficient (Wildman–Crippen LogP) is 3.91. The third-order valence-corrected chi connectivity index (χ3v) is 9.44. The summed E-state index contributed by atoms with van der Waals surface area (Å²) < 4.78 is 23.0. The molecule has 1 aliphatic carbocycles. The fourth-order valence-corrected chi connectivity index (χ4v) is 6.73. The zero-order chi connectivity index (χ0) is 27.3. The van der Waals surface area contributed by atoms with Gasteiger partial charge in [0.05, 0.1) is 24.9 Å². The predicted molar refractivity (Wildman–Crippen MR) is 152 cm³/mol. The van der Waals surface area contributed by atoms with Gasteiger partial charge in [0.25, 0.3) is 0 Å². The Kier molecular flexibility index (Phi) is 9.37. The summed E-state index contributed by atoms with van der Waals surface area (Å²) in [6.07, 6.45) is 7.63. The molecule has 8 heteroatoms. The van der Waals surface area contributed by atoms with Gasteiger partial charge < -0.3 is 34.5 Å². The van der Waals surface area contributed by atoms with Gasteiger partial charge in [0.15, 0.2) is 0 Å². The first-order valence-corrected chi connectivity index (χ1v) is 15.1. The molecule has 8 nitrogen and oxygen atoms in total. The van der Waals surface area contributed by atoms with Crippen molar-refractivity contribution >= 4 is 11.6 Å². The summed E-state index contributed by atoms with van der Waals surface area (Å²) in [5.74, 6) is 1.77. The summed E-state index contributed by atoms with van der Waals surface area (Å²) in [5, 5.41) is 6.95. The Morgan fingerprint density at radius 1 is 1.23 bits per heavy atom. The number of amides is 1. The molecule has 3 atom stereocenters. The van der Waals surface area contributed by atoms with Gasteiger partial charge in [-0.05, 0) is 74.0 Å². The number of hydrogen-bond donors (Lipinski definition) is 2. The van der Waals surface area contributed by atoms with Gasteiger partial charge in [0, 0.05) is 58.0 Å². The highest BCUT2D eigenvalue weighted by molar-refractivity contribution is 5.81. The lowest BCUT2D eigenvalue weighted by Crippen LogP contribution is -2.47. The van der Waals surface area contributed by atoms with Crippen LogP contribution in [-0.4, -0.2) is 77.8 Å². The third kappa shape index (κ3) is 7.26. The van der Waals surface area contributed by atoms with Crippen molar-refractivity contribution in [2.45, 2.75) is 77.5 Å². The van der Waals surface area contributed by atoms with Gasteiger partial charge in [-0.25, -0.2) is 0 Å². The quantitative estimate of drug-likeness (QED) is 0.387. The molecule has 3 heterocycles. The van der Waals surface area contributed by atoms with Crippen LogP contribution in [0.4, 0.5) is 5.69 Å². The SMILES string of the molecule is COCCCN1CCOc2ccc(CO[C@@H]3CC[C@@H](CC(C)(C)C(=O)NCC4CC45CCOCC5)NC3)cc21. The standard InChI is InChI=1S/C31H49N3O5/c1-30(2,29(35)33-20-24-18-31(24)9-14-37-15-10-31)19-25-6-7-26(21-32-25)39-22-23-5-8-28-27(17-23)34(12-16-38-28)11-4-13-36-3/h5,8,17,24-26,32H,4,6-7,9-16,18-22H2,1-3H3,(H,33,35)/t24?,25-,26+/m0/s1. The summed E-state index contributed by atoms with van der Waals surface area (Å²) >= 11 is 0. The number of rotatable bonds is 12. The molecule has 1 aromatic carbocycles. The van der Waals surface area contributed by atoms with E-state index in [1.54, 1.807) is 7.11 Å². The van der Waals surface area contributed by atoms with Gasteiger partial charge in [0.1, 0.15) is 12.4 Å². The number of methoxy groups -OCH3 is 1. The van der Waals surface area contributed by atoms with Gasteiger partial charge in [-0.2, -0.15) is 0 Å². The van der Waals surface area contributed by atoms with Crippen molar-refractivity contribution in [1.29, 1.82) is 0 Å². The smallest absolute Gasteiger partial charge is 0.225 e. The van der Waals surface area contributed by atoms with E-state index in [0.717, 1.165) is 103 Å². The van der Waals surface area contributed by atoms with Crippen molar-refractivity contribution in [3.05, 3.63) is 23.8 Å². The molecule has 0 aromatic heterocycles. The Morgan fingerprint density at radius 3 is 2.85 bits per heavy atom. The Morgan fingerprint density at radius 2 is 2.08 bits per heavy atom. The molecule has 0 radical (unpaired) electrons. The maximum absolute atomic E-state index is 13.1. The number of ether oxygens (including phenoxy) is 4. The first-order chi connectivity index (χ1) is 18.9. The lowest BCUT2D eigenvalue weighted by atomic mass is 9.82. The molecular weight excluding hydrogens is 494 g/mol. The van der Waals surface area contributed by atoms with Crippen LogP contribution in [0.3, 0.4) is 0 Å². The molecule has 2 saturated heterocycles. The minimum Gasteiger partial charge on any atom is -0.490 e. The molecule has 1 spiro atoms. The van der Waals surface area contributed by atoms with Crippen molar-refractivity contribution in [2.24, 2.45) is 16.7 Å². The lowest BCUT2D eigenvalue weighted by Gasteiger charge is -2.35. The van der Waals surface area contributed by atoms with E-state index in [1.165, 1.54) is 12.0 Å². The van der Waals surface area contributed by atoms with Crippen LogP contribution in [0.5, 0.6) is 5.75 Å². The first kappa shape index (κ1) is 28.7. The third-order valence-electron chi connectivity index (χ3n) is 9.44. The van der Waals surface area contributed by atoms with Gasteiger partial charge in [-0.15, -0.1) is 0 Å². The van der Waals surface area contributed by atoms with Crippen molar-refractivity contribution in [1.82, 2.24) is 10.6 Å². The van der Waals surface area contributed by atoms with E-state index < -0.39 is 0 Å². The fourth-order valence-electron chi connectivity index (χ4n) is 6.73.